The first-order chi connectivity index (χ1) is 43.6. The number of fused-ring (bicyclic) bond motifs is 8. The number of rotatable bonds is 9. The van der Waals surface area contributed by atoms with Gasteiger partial charge in [-0.15, -0.1) is 0 Å². The molecule has 0 aliphatic heterocycles. The van der Waals surface area contributed by atoms with E-state index in [4.69, 9.17) is 24.9 Å². The first kappa shape index (κ1) is 51.5. The van der Waals surface area contributed by atoms with Crippen molar-refractivity contribution in [3.05, 3.63) is 304 Å². The number of pyridine rings is 8. The van der Waals surface area contributed by atoms with Crippen molar-refractivity contribution in [1.29, 1.82) is 0 Å². The highest BCUT2D eigenvalue weighted by Crippen LogP contribution is 2.39. The molecule has 0 aliphatic carbocycles. The summed E-state index contributed by atoms with van der Waals surface area (Å²) in [4.78, 5) is 38.9. The van der Waals surface area contributed by atoms with Crippen LogP contribution in [-0.2, 0) is 0 Å². The molecule has 0 atom stereocenters. The molecule has 0 spiro atoms. The molecule has 17 rings (SSSR count). The summed E-state index contributed by atoms with van der Waals surface area (Å²) in [6, 6.07) is 91.8. The van der Waals surface area contributed by atoms with Gasteiger partial charge in [0.2, 0.25) is 0 Å². The first-order valence-electron chi connectivity index (χ1n) is 29.2. The topological polar surface area (TPSA) is 113 Å². The molecule has 0 saturated heterocycles. The first-order valence-corrected chi connectivity index (χ1v) is 29.2. The normalized spacial score (nSPS) is 11.4. The van der Waals surface area contributed by atoms with Crippen molar-refractivity contribution in [2.45, 2.75) is 0 Å². The van der Waals surface area contributed by atoms with Crippen LogP contribution in [0.25, 0.3) is 156 Å². The lowest BCUT2D eigenvalue weighted by Gasteiger charge is -2.13. The molecule has 10 heteroatoms. The van der Waals surface area contributed by atoms with E-state index in [1.54, 1.807) is 12.4 Å². The summed E-state index contributed by atoms with van der Waals surface area (Å²) in [6.45, 7) is 0. The maximum absolute atomic E-state index is 5.31. The quantitative estimate of drug-likeness (QED) is 0.140. The van der Waals surface area contributed by atoms with Crippen LogP contribution in [0.4, 0.5) is 0 Å². The molecule has 412 valence electrons. The van der Waals surface area contributed by atoms with Crippen LogP contribution in [-0.4, -0.2) is 49.0 Å². The summed E-state index contributed by atoms with van der Waals surface area (Å²) in [7, 11) is 0. The van der Waals surface area contributed by atoms with Crippen molar-refractivity contribution >= 4 is 65.2 Å². The third-order valence-electron chi connectivity index (χ3n) is 16.3. The van der Waals surface area contributed by atoms with Gasteiger partial charge in [-0.2, -0.15) is 0 Å². The predicted octanol–water partition coefficient (Wildman–Crippen LogP) is 18.7. The largest absolute Gasteiger partial charge is 0.294 e. The molecule has 7 aromatic carbocycles. The fourth-order valence-electron chi connectivity index (χ4n) is 12.2. The Kier molecular flexibility index (Phi) is 12.9. The summed E-state index contributed by atoms with van der Waals surface area (Å²) in [5, 5.41) is 9.27. The second kappa shape index (κ2) is 22.1. The van der Waals surface area contributed by atoms with E-state index in [2.05, 4.69) is 242 Å². The highest BCUT2D eigenvalue weighted by atomic mass is 15.1. The van der Waals surface area contributed by atoms with Crippen molar-refractivity contribution < 1.29 is 0 Å². The minimum absolute atomic E-state index is 0.800. The molecule has 10 heterocycles. The van der Waals surface area contributed by atoms with Crippen molar-refractivity contribution in [2.75, 3.05) is 0 Å². The van der Waals surface area contributed by atoms with Crippen LogP contribution < -0.4 is 0 Å². The van der Waals surface area contributed by atoms with E-state index in [9.17, 15) is 0 Å². The molecule has 0 saturated carbocycles. The molecule has 0 amide bonds. The summed E-state index contributed by atoms with van der Waals surface area (Å²) >= 11 is 0. The van der Waals surface area contributed by atoms with Crippen molar-refractivity contribution in [1.82, 2.24) is 49.0 Å². The van der Waals surface area contributed by atoms with Crippen LogP contribution in [0.15, 0.2) is 304 Å². The van der Waals surface area contributed by atoms with Gasteiger partial charge >= 0.3 is 0 Å². The Morgan fingerprint density at radius 1 is 0.250 bits per heavy atom. The van der Waals surface area contributed by atoms with Crippen LogP contribution >= 0.6 is 0 Å². The fourth-order valence-corrected chi connectivity index (χ4v) is 12.2. The number of nitrogens with zero attached hydrogens (tertiary/aromatic N) is 10. The summed E-state index contributed by atoms with van der Waals surface area (Å²) in [6.07, 6.45) is 11.2. The number of para-hydroxylation sites is 2. The molecule has 0 aliphatic rings. The Bertz CT molecular complexity index is 5390. The Hall–Kier alpha value is -12.1. The van der Waals surface area contributed by atoms with Crippen molar-refractivity contribution in [3.8, 4) is 90.6 Å². The van der Waals surface area contributed by atoms with Gasteiger partial charge in [0, 0.05) is 81.0 Å². The molecular formula is C78H50N10. The molecule has 10 nitrogen and oxygen atoms in total. The zero-order chi connectivity index (χ0) is 58.3. The third-order valence-corrected chi connectivity index (χ3v) is 16.3. The second-order valence-electron chi connectivity index (χ2n) is 21.6. The van der Waals surface area contributed by atoms with Crippen molar-refractivity contribution in [3.63, 3.8) is 0 Å². The van der Waals surface area contributed by atoms with E-state index in [0.717, 1.165) is 140 Å². The van der Waals surface area contributed by atoms with E-state index in [1.807, 2.05) is 73.3 Å². The SMILES string of the molecule is c1ccc(-c2cc(-c3ccc4ccccc4c3)cc(-c3ccc(-n4c5ccccc5c5cnccc54)nc3)n2)nc1.c1ccc(-c2nccc3c2c2ccccc2n3-c2cccc(-c3cc(-c4ccccn4)nc(-c4cccc5ccccc45)c3)n2)cc1. The molecule has 0 radical (unpaired) electrons. The Morgan fingerprint density at radius 3 is 1.64 bits per heavy atom. The third kappa shape index (κ3) is 9.43. The van der Waals surface area contributed by atoms with Crippen LogP contribution in [0, 0.1) is 0 Å². The maximum Gasteiger partial charge on any atom is 0.138 e. The van der Waals surface area contributed by atoms with Crippen LogP contribution in [0.2, 0.25) is 0 Å². The van der Waals surface area contributed by atoms with Gasteiger partial charge in [-0.1, -0.05) is 164 Å². The van der Waals surface area contributed by atoms with Crippen LogP contribution in [0.1, 0.15) is 0 Å². The van der Waals surface area contributed by atoms with Crippen LogP contribution in [0.5, 0.6) is 0 Å². The summed E-state index contributed by atoms with van der Waals surface area (Å²) in [5.74, 6) is 1.68. The highest BCUT2D eigenvalue weighted by Gasteiger charge is 2.20. The van der Waals surface area contributed by atoms with E-state index in [1.165, 1.54) is 16.2 Å². The molecule has 0 N–H and O–H groups in total. The zero-order valence-corrected chi connectivity index (χ0v) is 47.3. The lowest BCUT2D eigenvalue weighted by molar-refractivity contribution is 1.08. The maximum atomic E-state index is 5.31. The van der Waals surface area contributed by atoms with Crippen molar-refractivity contribution in [2.24, 2.45) is 0 Å². The molecule has 0 fully saturated rings. The highest BCUT2D eigenvalue weighted by molar-refractivity contribution is 6.15. The minimum atomic E-state index is 0.800. The molecule has 0 bridgehead atoms. The number of hydrogen-bond donors (Lipinski definition) is 0. The molecule has 10 aromatic heterocycles. The minimum Gasteiger partial charge on any atom is -0.294 e. The number of aromatic nitrogens is 10. The standard InChI is InChI=1S/C42H27N5.C36H23N5/c1-2-13-29(14-3-1)42-41-33-17-6-7-21-38(33)47(39(41)23-25-44-42)40-22-11-20-34(46-40)30-26-36(45-37(27-30)35-19-8-9-24-43-35)32-18-10-15-28-12-4-5-16-31(28)32;1-2-8-25-19-26(13-12-24(25)7-1)28-20-32(40-33(21-28)31-10-5-6-17-38-31)27-14-15-36(39-22-27)41-34-11-4-3-9-29(34)30-23-37-18-16-35(30)41/h1-27H;1-23H. The average Bonchev–Trinajstić information content (AvgIpc) is 1.80. The van der Waals surface area contributed by atoms with E-state index >= 15 is 0 Å². The Morgan fingerprint density at radius 2 is 0.852 bits per heavy atom. The van der Waals surface area contributed by atoms with E-state index in [0.29, 0.717) is 0 Å². The smallest absolute Gasteiger partial charge is 0.138 e. The van der Waals surface area contributed by atoms with Gasteiger partial charge in [-0.05, 0) is 136 Å². The summed E-state index contributed by atoms with van der Waals surface area (Å²) in [5.41, 5.74) is 17.4. The van der Waals surface area contributed by atoms with Gasteiger partial charge in [0.1, 0.15) is 11.6 Å². The Balaban J connectivity index is 0.000000143. The van der Waals surface area contributed by atoms with Gasteiger partial charge in [0.05, 0.1) is 67.6 Å². The van der Waals surface area contributed by atoms with Gasteiger partial charge in [-0.3, -0.25) is 29.1 Å². The lowest BCUT2D eigenvalue weighted by Crippen LogP contribution is -1.99. The van der Waals surface area contributed by atoms with E-state index in [-0.39, 0.29) is 0 Å². The van der Waals surface area contributed by atoms with Gasteiger partial charge in [-0.25, -0.2) is 19.9 Å². The number of hydrogen-bond acceptors (Lipinski definition) is 8. The molecule has 17 aromatic rings. The summed E-state index contributed by atoms with van der Waals surface area (Å²) < 4.78 is 4.43. The van der Waals surface area contributed by atoms with E-state index < -0.39 is 0 Å². The molecule has 0 unspecified atom stereocenters. The second-order valence-corrected chi connectivity index (χ2v) is 21.6. The average molecular weight is 1130 g/mol. The van der Waals surface area contributed by atoms with Gasteiger partial charge in [0.15, 0.2) is 0 Å². The zero-order valence-electron chi connectivity index (χ0n) is 47.3. The molecular weight excluding hydrogens is 1080 g/mol. The predicted molar refractivity (Wildman–Crippen MR) is 357 cm³/mol. The fraction of sp³-hybridized carbons (Fsp3) is 0. The van der Waals surface area contributed by atoms with Crippen LogP contribution in [0.3, 0.4) is 0 Å². The molecule has 88 heavy (non-hydrogen) atoms. The lowest BCUT2D eigenvalue weighted by atomic mass is 9.99. The Labute approximate surface area is 506 Å². The van der Waals surface area contributed by atoms with Gasteiger partial charge < -0.3 is 0 Å². The van der Waals surface area contributed by atoms with Gasteiger partial charge in [0.25, 0.3) is 0 Å². The number of benzene rings is 7. The monoisotopic (exact) mass is 1130 g/mol.